The number of nitrogens with zero attached hydrogens (tertiary/aromatic N) is 1. The number of aromatic amines is 1. The number of thiophene rings is 1. The topological polar surface area (TPSA) is 71.8 Å². The number of hydrogen-bond acceptors (Lipinski definition) is 4. The summed E-state index contributed by atoms with van der Waals surface area (Å²) >= 11 is 1.63. The van der Waals surface area contributed by atoms with Gasteiger partial charge in [0, 0.05) is 34.3 Å². The number of nitrogens with one attached hydrogen (secondary N) is 1. The predicted octanol–water partition coefficient (Wildman–Crippen LogP) is 5.44. The minimum atomic E-state index is -0.139. The van der Waals surface area contributed by atoms with Gasteiger partial charge in [0.2, 0.25) is 0 Å². The molecule has 0 radical (unpaired) electrons. The Morgan fingerprint density at radius 2 is 1.70 bits per heavy atom. The number of fused-ring (bicyclic) bond motifs is 1. The van der Waals surface area contributed by atoms with E-state index in [2.05, 4.69) is 4.98 Å². The molecule has 146 valence electrons. The molecule has 5 rings (SSSR count). The lowest BCUT2D eigenvalue weighted by Crippen LogP contribution is -2.08. The lowest BCUT2D eigenvalue weighted by Gasteiger charge is -2.13. The predicted molar refractivity (Wildman–Crippen MR) is 124 cm³/mol. The summed E-state index contributed by atoms with van der Waals surface area (Å²) in [7, 11) is 0. The Balaban J connectivity index is 1.85. The van der Waals surface area contributed by atoms with Crippen LogP contribution in [0.5, 0.6) is 0 Å². The molecule has 0 spiro atoms. The van der Waals surface area contributed by atoms with Crippen LogP contribution in [-0.4, -0.2) is 9.97 Å². The van der Waals surface area contributed by atoms with E-state index < -0.39 is 0 Å². The molecule has 30 heavy (non-hydrogen) atoms. The first-order valence-corrected chi connectivity index (χ1v) is 10.6. The van der Waals surface area contributed by atoms with Crippen molar-refractivity contribution < 1.29 is 0 Å². The Morgan fingerprint density at radius 1 is 0.900 bits per heavy atom. The van der Waals surface area contributed by atoms with Crippen molar-refractivity contribution in [3.8, 4) is 32.8 Å². The van der Waals surface area contributed by atoms with Crippen molar-refractivity contribution in [2.24, 2.45) is 5.73 Å². The van der Waals surface area contributed by atoms with Gasteiger partial charge in [0.05, 0.1) is 16.6 Å². The van der Waals surface area contributed by atoms with Gasteiger partial charge >= 0.3 is 0 Å². The van der Waals surface area contributed by atoms with Crippen molar-refractivity contribution in [3.63, 3.8) is 0 Å². The summed E-state index contributed by atoms with van der Waals surface area (Å²) < 4.78 is 0. The van der Waals surface area contributed by atoms with E-state index in [1.807, 2.05) is 78.2 Å². The molecule has 5 heteroatoms. The first-order valence-electron chi connectivity index (χ1n) is 9.70. The Morgan fingerprint density at radius 3 is 2.40 bits per heavy atom. The summed E-state index contributed by atoms with van der Waals surface area (Å²) in [6.07, 6.45) is 1.76. The number of H-pyrrole nitrogens is 1. The van der Waals surface area contributed by atoms with E-state index in [9.17, 15) is 4.79 Å². The Kier molecular flexibility index (Phi) is 4.75. The van der Waals surface area contributed by atoms with Crippen LogP contribution in [0.4, 0.5) is 0 Å². The number of aromatic nitrogens is 2. The molecule has 0 atom stereocenters. The molecule has 0 aliphatic carbocycles. The monoisotopic (exact) mass is 409 g/mol. The van der Waals surface area contributed by atoms with Gasteiger partial charge in [-0.2, -0.15) is 0 Å². The number of benzene rings is 2. The second-order valence-electron chi connectivity index (χ2n) is 7.06. The fourth-order valence-electron chi connectivity index (χ4n) is 3.65. The molecule has 5 aromatic rings. The van der Waals surface area contributed by atoms with E-state index in [-0.39, 0.29) is 5.56 Å². The summed E-state index contributed by atoms with van der Waals surface area (Å²) in [5, 5.41) is 2.61. The van der Waals surface area contributed by atoms with Crippen LogP contribution in [0.3, 0.4) is 0 Å². The minimum absolute atomic E-state index is 0.139. The maximum Gasteiger partial charge on any atom is 0.257 e. The second-order valence-corrected chi connectivity index (χ2v) is 8.00. The van der Waals surface area contributed by atoms with Gasteiger partial charge in [-0.15, -0.1) is 11.3 Å². The largest absolute Gasteiger partial charge is 0.328 e. The molecule has 0 fully saturated rings. The molecule has 0 saturated heterocycles. The molecule has 3 N–H and O–H groups in total. The van der Waals surface area contributed by atoms with Crippen LogP contribution >= 0.6 is 11.3 Å². The quantitative estimate of drug-likeness (QED) is 0.415. The Hall–Kier alpha value is -3.54. The third-order valence-corrected chi connectivity index (χ3v) is 6.11. The molecule has 0 saturated carbocycles. The van der Waals surface area contributed by atoms with Gasteiger partial charge in [-0.3, -0.25) is 4.79 Å². The lowest BCUT2D eigenvalue weighted by molar-refractivity contribution is 1.07. The average molecular weight is 410 g/mol. The highest BCUT2D eigenvalue weighted by atomic mass is 32.1. The zero-order valence-corrected chi connectivity index (χ0v) is 16.9. The van der Waals surface area contributed by atoms with E-state index >= 15 is 0 Å². The van der Waals surface area contributed by atoms with E-state index in [1.165, 1.54) is 0 Å². The Bertz CT molecular complexity index is 1370. The normalized spacial score (nSPS) is 11.1. The standard InChI is InChI=1S/C25H19N3OS/c26-14-16-8-10-18(11-9-16)23-19(17-5-2-1-3-6-17)13-20-24(28-23)21(15-27-25(20)29)22-7-4-12-30-22/h1-13,15H,14,26H2,(H,27,29). The van der Waals surface area contributed by atoms with Gasteiger partial charge < -0.3 is 10.7 Å². The highest BCUT2D eigenvalue weighted by Crippen LogP contribution is 2.36. The van der Waals surface area contributed by atoms with Crippen molar-refractivity contribution in [2.75, 3.05) is 0 Å². The number of rotatable bonds is 4. The van der Waals surface area contributed by atoms with Gasteiger partial charge in [-0.05, 0) is 28.6 Å². The summed E-state index contributed by atoms with van der Waals surface area (Å²) in [6.45, 7) is 0.495. The van der Waals surface area contributed by atoms with E-state index in [1.54, 1.807) is 17.5 Å². The average Bonchev–Trinajstić information content (AvgIpc) is 3.34. The van der Waals surface area contributed by atoms with E-state index in [4.69, 9.17) is 10.7 Å². The van der Waals surface area contributed by atoms with Gasteiger partial charge in [0.1, 0.15) is 0 Å². The van der Waals surface area contributed by atoms with Crippen molar-refractivity contribution in [2.45, 2.75) is 6.54 Å². The number of nitrogens with two attached hydrogens (primary N) is 1. The van der Waals surface area contributed by atoms with Crippen LogP contribution in [0.2, 0.25) is 0 Å². The van der Waals surface area contributed by atoms with Crippen molar-refractivity contribution in [1.29, 1.82) is 0 Å². The SMILES string of the molecule is NCc1ccc(-c2nc3c(-c4cccs4)c[nH]c(=O)c3cc2-c2ccccc2)cc1. The molecule has 3 heterocycles. The molecular weight excluding hydrogens is 390 g/mol. The molecule has 0 unspecified atom stereocenters. The van der Waals surface area contributed by atoms with Gasteiger partial charge in [-0.1, -0.05) is 60.7 Å². The third-order valence-electron chi connectivity index (χ3n) is 5.20. The zero-order valence-electron chi connectivity index (χ0n) is 16.1. The molecule has 2 aromatic carbocycles. The van der Waals surface area contributed by atoms with Crippen molar-refractivity contribution in [3.05, 3.63) is 100 Å². The van der Waals surface area contributed by atoms with E-state index in [0.717, 1.165) is 38.4 Å². The van der Waals surface area contributed by atoms with Crippen LogP contribution in [0.25, 0.3) is 43.7 Å². The van der Waals surface area contributed by atoms with Crippen LogP contribution in [-0.2, 0) is 6.54 Å². The maximum absolute atomic E-state index is 12.7. The fraction of sp³-hybridized carbons (Fsp3) is 0.0400. The van der Waals surface area contributed by atoms with Crippen molar-refractivity contribution >= 4 is 22.2 Å². The molecule has 4 nitrogen and oxygen atoms in total. The number of hydrogen-bond donors (Lipinski definition) is 2. The highest BCUT2D eigenvalue weighted by molar-refractivity contribution is 7.13. The van der Waals surface area contributed by atoms with Gasteiger partial charge in [0.25, 0.3) is 5.56 Å². The molecule has 0 aliphatic heterocycles. The number of pyridine rings is 2. The summed E-state index contributed by atoms with van der Waals surface area (Å²) in [4.78, 5) is 21.7. The van der Waals surface area contributed by atoms with Crippen LogP contribution in [0, 0.1) is 0 Å². The molecule has 3 aromatic heterocycles. The fourth-order valence-corrected chi connectivity index (χ4v) is 4.40. The third kappa shape index (κ3) is 3.24. The maximum atomic E-state index is 12.7. The zero-order chi connectivity index (χ0) is 20.5. The molecule has 0 aliphatic rings. The minimum Gasteiger partial charge on any atom is -0.328 e. The summed E-state index contributed by atoms with van der Waals surface area (Å²) in [5.74, 6) is 0. The molecule has 0 bridgehead atoms. The lowest BCUT2D eigenvalue weighted by atomic mass is 9.96. The van der Waals surface area contributed by atoms with Crippen LogP contribution in [0.15, 0.2) is 89.2 Å². The van der Waals surface area contributed by atoms with E-state index in [0.29, 0.717) is 17.4 Å². The summed E-state index contributed by atoms with van der Waals surface area (Å²) in [6, 6.07) is 24.2. The van der Waals surface area contributed by atoms with Gasteiger partial charge in [-0.25, -0.2) is 4.98 Å². The molecule has 0 amide bonds. The van der Waals surface area contributed by atoms with Crippen molar-refractivity contribution in [1.82, 2.24) is 9.97 Å². The highest BCUT2D eigenvalue weighted by Gasteiger charge is 2.16. The molecular formula is C25H19N3OS. The Labute approximate surface area is 177 Å². The van der Waals surface area contributed by atoms with Crippen LogP contribution < -0.4 is 11.3 Å². The van der Waals surface area contributed by atoms with Gasteiger partial charge in [0.15, 0.2) is 0 Å². The first-order chi connectivity index (χ1) is 14.7. The summed E-state index contributed by atoms with van der Waals surface area (Å²) in [5.41, 5.74) is 12.1. The second kappa shape index (κ2) is 7.71. The first kappa shape index (κ1) is 18.5. The smallest absolute Gasteiger partial charge is 0.257 e. The van der Waals surface area contributed by atoms with Crippen LogP contribution in [0.1, 0.15) is 5.56 Å².